The maximum absolute atomic E-state index is 11.2. The highest BCUT2D eigenvalue weighted by molar-refractivity contribution is 7.15. The maximum Gasteiger partial charge on any atom is 0.261 e. The second-order valence-electron chi connectivity index (χ2n) is 2.63. The van der Waals surface area contributed by atoms with Gasteiger partial charge < -0.3 is 5.32 Å². The number of fused-ring (bicyclic) bond motifs is 1. The molecule has 1 aromatic heterocycles. The minimum absolute atomic E-state index is 0.0469. The minimum atomic E-state index is -0.0469. The lowest BCUT2D eigenvalue weighted by Gasteiger charge is -2.10. The number of carbonyl (C=O) groups is 2. The van der Waals surface area contributed by atoms with E-state index in [9.17, 15) is 9.59 Å². The summed E-state index contributed by atoms with van der Waals surface area (Å²) in [6.07, 6.45) is 1.63. The van der Waals surface area contributed by atoms with Gasteiger partial charge in [0.2, 0.25) is 0 Å². The SMILES string of the molecule is O=Cc1cc2c(s1)C(=O)NCC2. The zero-order valence-corrected chi connectivity index (χ0v) is 7.11. The summed E-state index contributed by atoms with van der Waals surface area (Å²) in [4.78, 5) is 22.9. The summed E-state index contributed by atoms with van der Waals surface area (Å²) in [6.45, 7) is 0.681. The predicted molar refractivity (Wildman–Crippen MR) is 45.7 cm³/mol. The molecule has 0 spiro atoms. The molecule has 0 fully saturated rings. The second-order valence-corrected chi connectivity index (χ2v) is 3.71. The van der Waals surface area contributed by atoms with Crippen molar-refractivity contribution in [1.29, 1.82) is 0 Å². The largest absolute Gasteiger partial charge is 0.351 e. The van der Waals surface area contributed by atoms with Crippen molar-refractivity contribution < 1.29 is 9.59 Å². The first kappa shape index (κ1) is 7.49. The molecule has 1 N–H and O–H groups in total. The van der Waals surface area contributed by atoms with E-state index in [0.29, 0.717) is 16.3 Å². The molecule has 0 unspecified atom stereocenters. The Bertz CT molecular complexity index is 343. The van der Waals surface area contributed by atoms with Gasteiger partial charge in [0.05, 0.1) is 9.75 Å². The fourth-order valence-corrected chi connectivity index (χ4v) is 2.22. The van der Waals surface area contributed by atoms with Crippen LogP contribution in [-0.4, -0.2) is 18.7 Å². The lowest BCUT2D eigenvalue weighted by Crippen LogP contribution is -2.30. The van der Waals surface area contributed by atoms with Crippen LogP contribution in [0.15, 0.2) is 6.07 Å². The quantitative estimate of drug-likeness (QED) is 0.653. The first-order chi connectivity index (χ1) is 5.81. The number of nitrogens with one attached hydrogen (secondary N) is 1. The first-order valence-corrected chi connectivity index (χ1v) is 4.49. The maximum atomic E-state index is 11.2. The summed E-state index contributed by atoms with van der Waals surface area (Å²) < 4.78 is 0. The number of aldehydes is 1. The van der Waals surface area contributed by atoms with Gasteiger partial charge >= 0.3 is 0 Å². The van der Waals surface area contributed by atoms with Crippen LogP contribution in [-0.2, 0) is 6.42 Å². The lowest BCUT2D eigenvalue weighted by molar-refractivity contribution is 0.0950. The van der Waals surface area contributed by atoms with Crippen LogP contribution < -0.4 is 5.32 Å². The number of thiophene rings is 1. The number of rotatable bonds is 1. The van der Waals surface area contributed by atoms with Gasteiger partial charge in [-0.2, -0.15) is 0 Å². The molecule has 1 amide bonds. The van der Waals surface area contributed by atoms with Crippen molar-refractivity contribution in [1.82, 2.24) is 5.32 Å². The summed E-state index contributed by atoms with van der Waals surface area (Å²) in [6, 6.07) is 1.80. The van der Waals surface area contributed by atoms with Gasteiger partial charge in [-0.15, -0.1) is 11.3 Å². The van der Waals surface area contributed by atoms with E-state index in [1.54, 1.807) is 6.07 Å². The van der Waals surface area contributed by atoms with Crippen LogP contribution in [0, 0.1) is 0 Å². The second kappa shape index (κ2) is 2.71. The average Bonchev–Trinajstić information content (AvgIpc) is 2.49. The third kappa shape index (κ3) is 1.04. The molecule has 3 nitrogen and oxygen atoms in total. The van der Waals surface area contributed by atoms with E-state index in [-0.39, 0.29) is 5.91 Å². The van der Waals surface area contributed by atoms with Crippen molar-refractivity contribution in [3.05, 3.63) is 21.4 Å². The topological polar surface area (TPSA) is 46.2 Å². The fraction of sp³-hybridized carbons (Fsp3) is 0.250. The number of hydrogen-bond donors (Lipinski definition) is 1. The molecular formula is C8H7NO2S. The standard InChI is InChI=1S/C8H7NO2S/c10-4-6-3-5-1-2-9-8(11)7(5)12-6/h3-4H,1-2H2,(H,9,11). The number of amides is 1. The Morgan fingerprint density at radius 2 is 2.42 bits per heavy atom. The predicted octanol–water partition coefficient (Wildman–Crippen LogP) is 0.847. The van der Waals surface area contributed by atoms with Crippen molar-refractivity contribution in [3.8, 4) is 0 Å². The van der Waals surface area contributed by atoms with Gasteiger partial charge in [-0.1, -0.05) is 0 Å². The molecule has 2 heterocycles. The lowest BCUT2D eigenvalue weighted by atomic mass is 10.1. The summed E-state index contributed by atoms with van der Waals surface area (Å²) in [5.41, 5.74) is 1.01. The summed E-state index contributed by atoms with van der Waals surface area (Å²) >= 11 is 1.26. The molecule has 1 aliphatic rings. The third-order valence-corrected chi connectivity index (χ3v) is 2.93. The van der Waals surface area contributed by atoms with Crippen LogP contribution in [0.3, 0.4) is 0 Å². The zero-order valence-electron chi connectivity index (χ0n) is 6.29. The Morgan fingerprint density at radius 1 is 1.58 bits per heavy atom. The summed E-state index contributed by atoms with van der Waals surface area (Å²) in [5, 5.41) is 2.73. The van der Waals surface area contributed by atoms with Gasteiger partial charge in [0.15, 0.2) is 6.29 Å². The molecule has 0 saturated carbocycles. The zero-order chi connectivity index (χ0) is 8.55. The Balaban J connectivity index is 2.50. The van der Waals surface area contributed by atoms with E-state index in [2.05, 4.69) is 5.32 Å². The molecule has 0 aliphatic carbocycles. The summed E-state index contributed by atoms with van der Waals surface area (Å²) in [7, 11) is 0. The van der Waals surface area contributed by atoms with Gasteiger partial charge in [-0.25, -0.2) is 0 Å². The highest BCUT2D eigenvalue weighted by Gasteiger charge is 2.19. The van der Waals surface area contributed by atoms with Crippen LogP contribution in [0.1, 0.15) is 24.9 Å². The van der Waals surface area contributed by atoms with Gasteiger partial charge in [-0.3, -0.25) is 9.59 Å². The highest BCUT2D eigenvalue weighted by Crippen LogP contribution is 2.23. The molecule has 62 valence electrons. The Hall–Kier alpha value is -1.16. The molecule has 0 bridgehead atoms. The molecule has 1 aliphatic heterocycles. The van der Waals surface area contributed by atoms with Crippen molar-refractivity contribution in [3.63, 3.8) is 0 Å². The van der Waals surface area contributed by atoms with Crippen molar-refractivity contribution in [2.45, 2.75) is 6.42 Å². The Labute approximate surface area is 73.4 Å². The monoisotopic (exact) mass is 181 g/mol. The fourth-order valence-electron chi connectivity index (χ4n) is 1.28. The molecule has 0 aromatic carbocycles. The third-order valence-electron chi connectivity index (χ3n) is 1.83. The van der Waals surface area contributed by atoms with Crippen LogP contribution >= 0.6 is 11.3 Å². The molecule has 0 atom stereocenters. The van der Waals surface area contributed by atoms with Gasteiger partial charge in [0.25, 0.3) is 5.91 Å². The molecule has 0 saturated heterocycles. The smallest absolute Gasteiger partial charge is 0.261 e. The van der Waals surface area contributed by atoms with E-state index >= 15 is 0 Å². The molecule has 12 heavy (non-hydrogen) atoms. The molecule has 2 rings (SSSR count). The van der Waals surface area contributed by atoms with E-state index in [4.69, 9.17) is 0 Å². The van der Waals surface area contributed by atoms with Crippen LogP contribution in [0.25, 0.3) is 0 Å². The highest BCUT2D eigenvalue weighted by atomic mass is 32.1. The van der Waals surface area contributed by atoms with E-state index in [1.807, 2.05) is 0 Å². The van der Waals surface area contributed by atoms with Crippen molar-refractivity contribution in [2.75, 3.05) is 6.54 Å². The van der Waals surface area contributed by atoms with Gasteiger partial charge in [-0.05, 0) is 18.1 Å². The van der Waals surface area contributed by atoms with Crippen molar-refractivity contribution in [2.24, 2.45) is 0 Å². The Kier molecular flexibility index (Phi) is 1.69. The first-order valence-electron chi connectivity index (χ1n) is 3.67. The summed E-state index contributed by atoms with van der Waals surface area (Å²) in [5.74, 6) is -0.0469. The van der Waals surface area contributed by atoms with Gasteiger partial charge in [0, 0.05) is 6.54 Å². The van der Waals surface area contributed by atoms with E-state index in [0.717, 1.165) is 18.3 Å². The van der Waals surface area contributed by atoms with E-state index < -0.39 is 0 Å². The van der Waals surface area contributed by atoms with Gasteiger partial charge in [0.1, 0.15) is 0 Å². The average molecular weight is 181 g/mol. The van der Waals surface area contributed by atoms with Crippen LogP contribution in [0.2, 0.25) is 0 Å². The van der Waals surface area contributed by atoms with Crippen LogP contribution in [0.5, 0.6) is 0 Å². The molecule has 0 radical (unpaired) electrons. The Morgan fingerprint density at radius 3 is 3.08 bits per heavy atom. The minimum Gasteiger partial charge on any atom is -0.351 e. The molecular weight excluding hydrogens is 174 g/mol. The number of hydrogen-bond acceptors (Lipinski definition) is 3. The van der Waals surface area contributed by atoms with Crippen LogP contribution in [0.4, 0.5) is 0 Å². The number of carbonyl (C=O) groups excluding carboxylic acids is 2. The van der Waals surface area contributed by atoms with Crippen molar-refractivity contribution >= 4 is 23.5 Å². The normalized spacial score (nSPS) is 15.2. The van der Waals surface area contributed by atoms with E-state index in [1.165, 1.54) is 11.3 Å². The molecule has 4 heteroatoms. The molecule has 1 aromatic rings.